The van der Waals surface area contributed by atoms with Gasteiger partial charge in [-0.2, -0.15) is 0 Å². The second-order valence-electron chi connectivity index (χ2n) is 4.34. The van der Waals surface area contributed by atoms with Crippen LogP contribution in [0, 0.1) is 0 Å². The van der Waals surface area contributed by atoms with Crippen LogP contribution in [0.15, 0.2) is 0 Å². The van der Waals surface area contributed by atoms with Gasteiger partial charge in [0.2, 0.25) is 0 Å². The zero-order chi connectivity index (χ0) is 13.8. The van der Waals surface area contributed by atoms with Crippen LogP contribution in [0.3, 0.4) is 0 Å². The van der Waals surface area contributed by atoms with Crippen molar-refractivity contribution in [3.05, 3.63) is 0 Å². The molecule has 0 amide bonds. The molecular weight excluding hydrogens is 246 g/mol. The summed E-state index contributed by atoms with van der Waals surface area (Å²) in [5.74, 6) is 0. The van der Waals surface area contributed by atoms with Crippen LogP contribution in [0.4, 0.5) is 0 Å². The molecule has 18 heavy (non-hydrogen) atoms. The summed E-state index contributed by atoms with van der Waals surface area (Å²) < 4.78 is 5.27. The zero-order valence-corrected chi connectivity index (χ0v) is 13.1. The molecule has 2 N–H and O–H groups in total. The van der Waals surface area contributed by atoms with Crippen LogP contribution in [0.25, 0.3) is 0 Å². The highest BCUT2D eigenvalue weighted by Crippen LogP contribution is 1.91. The largest absolute Gasteiger partial charge is 0.382 e. The second kappa shape index (κ2) is 11.7. The maximum atomic E-state index is 5.27. The maximum Gasteiger partial charge on any atom is 0.166 e. The molecule has 0 spiro atoms. The molecule has 0 aromatic heterocycles. The van der Waals surface area contributed by atoms with Crippen molar-refractivity contribution in [1.82, 2.24) is 15.5 Å². The topological polar surface area (TPSA) is 36.5 Å². The number of nitrogens with zero attached hydrogens (tertiary/aromatic N) is 1. The van der Waals surface area contributed by atoms with E-state index in [1.807, 2.05) is 6.92 Å². The average molecular weight is 275 g/mol. The van der Waals surface area contributed by atoms with Gasteiger partial charge in [-0.05, 0) is 45.6 Å². The van der Waals surface area contributed by atoms with Crippen LogP contribution in [-0.4, -0.2) is 55.4 Å². The monoisotopic (exact) mass is 275 g/mol. The normalized spacial score (nSPS) is 12.5. The molecule has 0 fully saturated rings. The average Bonchev–Trinajstić information content (AvgIpc) is 2.35. The van der Waals surface area contributed by atoms with E-state index in [9.17, 15) is 0 Å². The van der Waals surface area contributed by atoms with E-state index in [-0.39, 0.29) is 0 Å². The van der Waals surface area contributed by atoms with Crippen molar-refractivity contribution in [2.75, 3.05) is 39.4 Å². The van der Waals surface area contributed by atoms with Crippen LogP contribution in [0.1, 0.15) is 34.1 Å². The first kappa shape index (κ1) is 17.6. The quantitative estimate of drug-likeness (QED) is 0.468. The van der Waals surface area contributed by atoms with Gasteiger partial charge in [-0.25, -0.2) is 0 Å². The smallest absolute Gasteiger partial charge is 0.166 e. The summed E-state index contributed by atoms with van der Waals surface area (Å²) in [6.07, 6.45) is 0.986. The van der Waals surface area contributed by atoms with E-state index in [0.717, 1.165) is 50.9 Å². The summed E-state index contributed by atoms with van der Waals surface area (Å²) in [5.41, 5.74) is 0. The number of thiocarbonyl (C=S) groups is 1. The zero-order valence-electron chi connectivity index (χ0n) is 12.3. The standard InChI is InChI=1S/C13H29N3OS/c1-5-16(6-2)11-12(4)15-13(18)14-9-8-10-17-7-3/h12H,5-11H2,1-4H3,(H2,14,15,18). The highest BCUT2D eigenvalue weighted by Gasteiger charge is 2.07. The molecule has 5 heteroatoms. The van der Waals surface area contributed by atoms with E-state index < -0.39 is 0 Å². The summed E-state index contributed by atoms with van der Waals surface area (Å²) >= 11 is 5.25. The van der Waals surface area contributed by atoms with Gasteiger partial charge in [0.1, 0.15) is 0 Å². The Morgan fingerprint density at radius 3 is 2.50 bits per heavy atom. The molecule has 0 saturated carbocycles. The minimum atomic E-state index is 0.372. The molecule has 0 heterocycles. The first-order chi connectivity index (χ1) is 8.63. The Morgan fingerprint density at radius 1 is 1.28 bits per heavy atom. The SMILES string of the molecule is CCOCCCNC(=S)NC(C)CN(CC)CC. The molecule has 0 aliphatic carbocycles. The van der Waals surface area contributed by atoms with E-state index in [2.05, 4.69) is 36.3 Å². The van der Waals surface area contributed by atoms with Crippen LogP contribution < -0.4 is 10.6 Å². The third kappa shape index (κ3) is 9.62. The Bertz CT molecular complexity index is 210. The Balaban J connectivity index is 3.60. The third-order valence-corrected chi connectivity index (χ3v) is 3.02. The summed E-state index contributed by atoms with van der Waals surface area (Å²) in [4.78, 5) is 2.38. The molecule has 4 nitrogen and oxygen atoms in total. The van der Waals surface area contributed by atoms with Gasteiger partial charge in [-0.1, -0.05) is 13.8 Å². The number of nitrogens with one attached hydrogen (secondary N) is 2. The fourth-order valence-electron chi connectivity index (χ4n) is 1.71. The molecule has 0 bridgehead atoms. The predicted octanol–water partition coefficient (Wildman–Crippen LogP) is 1.61. The molecule has 1 unspecified atom stereocenters. The van der Waals surface area contributed by atoms with Crippen molar-refractivity contribution < 1.29 is 4.74 Å². The molecule has 0 rings (SSSR count). The van der Waals surface area contributed by atoms with Crippen molar-refractivity contribution in [1.29, 1.82) is 0 Å². The van der Waals surface area contributed by atoms with E-state index in [1.165, 1.54) is 0 Å². The lowest BCUT2D eigenvalue weighted by Gasteiger charge is -2.24. The number of hydrogen-bond donors (Lipinski definition) is 2. The van der Waals surface area contributed by atoms with Gasteiger partial charge >= 0.3 is 0 Å². The second-order valence-corrected chi connectivity index (χ2v) is 4.75. The molecule has 0 aromatic rings. The molecule has 0 aliphatic rings. The lowest BCUT2D eigenvalue weighted by Crippen LogP contribution is -2.46. The van der Waals surface area contributed by atoms with E-state index in [1.54, 1.807) is 0 Å². The fraction of sp³-hybridized carbons (Fsp3) is 0.923. The van der Waals surface area contributed by atoms with Gasteiger partial charge in [0.25, 0.3) is 0 Å². The molecule has 0 aromatic carbocycles. The summed E-state index contributed by atoms with van der Waals surface area (Å²) in [6, 6.07) is 0.372. The minimum Gasteiger partial charge on any atom is -0.382 e. The van der Waals surface area contributed by atoms with Crippen molar-refractivity contribution in [3.8, 4) is 0 Å². The van der Waals surface area contributed by atoms with Crippen molar-refractivity contribution in [3.63, 3.8) is 0 Å². The molecular formula is C13H29N3OS. The van der Waals surface area contributed by atoms with Crippen LogP contribution in [0.5, 0.6) is 0 Å². The molecule has 0 aliphatic heterocycles. The molecule has 108 valence electrons. The predicted molar refractivity (Wildman–Crippen MR) is 82.1 cm³/mol. The van der Waals surface area contributed by atoms with E-state index in [0.29, 0.717) is 6.04 Å². The maximum absolute atomic E-state index is 5.27. The number of rotatable bonds is 10. The highest BCUT2D eigenvalue weighted by atomic mass is 32.1. The van der Waals surface area contributed by atoms with Gasteiger partial charge in [-0.15, -0.1) is 0 Å². The van der Waals surface area contributed by atoms with Crippen LogP contribution in [0.2, 0.25) is 0 Å². The Morgan fingerprint density at radius 2 is 1.94 bits per heavy atom. The van der Waals surface area contributed by atoms with Gasteiger partial charge in [-0.3, -0.25) is 0 Å². The number of likely N-dealkylation sites (N-methyl/N-ethyl adjacent to an activating group) is 1. The van der Waals surface area contributed by atoms with Crippen molar-refractivity contribution in [2.45, 2.75) is 40.2 Å². The van der Waals surface area contributed by atoms with Gasteiger partial charge in [0.15, 0.2) is 5.11 Å². The van der Waals surface area contributed by atoms with Gasteiger partial charge in [0.05, 0.1) is 0 Å². The van der Waals surface area contributed by atoms with E-state index in [4.69, 9.17) is 17.0 Å². The Hall–Kier alpha value is -0.390. The van der Waals surface area contributed by atoms with Crippen LogP contribution in [-0.2, 0) is 4.74 Å². The molecule has 0 saturated heterocycles. The Kier molecular flexibility index (Phi) is 11.4. The van der Waals surface area contributed by atoms with Crippen LogP contribution >= 0.6 is 12.2 Å². The first-order valence-electron chi connectivity index (χ1n) is 6.98. The van der Waals surface area contributed by atoms with Crippen molar-refractivity contribution in [2.24, 2.45) is 0 Å². The Labute approximate surface area is 117 Å². The summed E-state index contributed by atoms with van der Waals surface area (Å²) in [6.45, 7) is 14.2. The summed E-state index contributed by atoms with van der Waals surface area (Å²) in [5, 5.41) is 7.25. The van der Waals surface area contributed by atoms with Crippen molar-refractivity contribution >= 4 is 17.3 Å². The first-order valence-corrected chi connectivity index (χ1v) is 7.39. The van der Waals surface area contributed by atoms with Gasteiger partial charge in [0, 0.05) is 32.3 Å². The number of hydrogen-bond acceptors (Lipinski definition) is 3. The third-order valence-electron chi connectivity index (χ3n) is 2.76. The lowest BCUT2D eigenvalue weighted by atomic mass is 10.3. The summed E-state index contributed by atoms with van der Waals surface area (Å²) in [7, 11) is 0. The lowest BCUT2D eigenvalue weighted by molar-refractivity contribution is 0.145. The minimum absolute atomic E-state index is 0.372. The molecule has 0 radical (unpaired) electrons. The highest BCUT2D eigenvalue weighted by molar-refractivity contribution is 7.80. The fourth-order valence-corrected chi connectivity index (χ4v) is 2.01. The van der Waals surface area contributed by atoms with E-state index >= 15 is 0 Å². The van der Waals surface area contributed by atoms with Gasteiger partial charge < -0.3 is 20.3 Å². The number of ether oxygens (including phenoxy) is 1. The molecule has 1 atom stereocenters.